The van der Waals surface area contributed by atoms with Gasteiger partial charge >= 0.3 is 0 Å². The molecule has 1 aliphatic heterocycles. The van der Waals surface area contributed by atoms with Crippen LogP contribution in [0.25, 0.3) is 0 Å². The van der Waals surface area contributed by atoms with Crippen molar-refractivity contribution in [3.05, 3.63) is 0 Å². The van der Waals surface area contributed by atoms with Gasteiger partial charge < -0.3 is 10.8 Å². The van der Waals surface area contributed by atoms with Crippen molar-refractivity contribution in [2.24, 2.45) is 11.7 Å². The van der Waals surface area contributed by atoms with Crippen LogP contribution in [0, 0.1) is 5.92 Å². The molecule has 12 heavy (non-hydrogen) atoms. The third kappa shape index (κ3) is 1.63. The molecule has 3 heteroatoms. The molecule has 1 heterocycles. The Morgan fingerprint density at radius 3 is 2.67 bits per heavy atom. The van der Waals surface area contributed by atoms with E-state index in [4.69, 9.17) is 5.73 Å². The lowest BCUT2D eigenvalue weighted by Gasteiger charge is -2.35. The number of nitrogens with zero attached hydrogens (tertiary/aromatic N) is 1. The molecule has 2 atom stereocenters. The van der Waals surface area contributed by atoms with Crippen LogP contribution >= 0.6 is 0 Å². The molecule has 0 spiro atoms. The smallest absolute Gasteiger partial charge is 0.0604 e. The standard InChI is InChI=1S/C9H18N2O/c10-5-7-6-11(8-1-2-8)4-3-9(7)12/h7-9,12H,1-6,10H2. The first-order valence-corrected chi connectivity index (χ1v) is 4.93. The zero-order valence-corrected chi connectivity index (χ0v) is 7.45. The normalized spacial score (nSPS) is 38.5. The number of hydrogen-bond donors (Lipinski definition) is 2. The first-order chi connectivity index (χ1) is 5.81. The Bertz CT molecular complexity index is 159. The number of aliphatic hydroxyl groups is 1. The van der Waals surface area contributed by atoms with Crippen LogP contribution in [0.15, 0.2) is 0 Å². The fourth-order valence-corrected chi connectivity index (χ4v) is 2.05. The van der Waals surface area contributed by atoms with E-state index in [1.165, 1.54) is 12.8 Å². The Labute approximate surface area is 73.5 Å². The lowest BCUT2D eigenvalue weighted by molar-refractivity contribution is 0.0276. The minimum absolute atomic E-state index is 0.148. The van der Waals surface area contributed by atoms with E-state index >= 15 is 0 Å². The summed E-state index contributed by atoms with van der Waals surface area (Å²) in [5, 5.41) is 9.58. The Kier molecular flexibility index (Phi) is 2.35. The maximum absolute atomic E-state index is 9.58. The molecule has 0 aromatic rings. The molecule has 0 bridgehead atoms. The van der Waals surface area contributed by atoms with Crippen molar-refractivity contribution in [2.45, 2.75) is 31.4 Å². The molecule has 0 aromatic carbocycles. The molecule has 3 N–H and O–H groups in total. The first kappa shape index (κ1) is 8.48. The Balaban J connectivity index is 1.87. The zero-order chi connectivity index (χ0) is 8.55. The minimum atomic E-state index is -0.148. The van der Waals surface area contributed by atoms with Gasteiger partial charge in [0.25, 0.3) is 0 Å². The van der Waals surface area contributed by atoms with Gasteiger partial charge in [-0.2, -0.15) is 0 Å². The topological polar surface area (TPSA) is 49.5 Å². The highest BCUT2D eigenvalue weighted by molar-refractivity contribution is 4.90. The maximum Gasteiger partial charge on any atom is 0.0604 e. The van der Waals surface area contributed by atoms with Gasteiger partial charge in [0.15, 0.2) is 0 Å². The third-order valence-electron chi connectivity index (χ3n) is 3.09. The maximum atomic E-state index is 9.58. The van der Waals surface area contributed by atoms with Gasteiger partial charge in [-0.15, -0.1) is 0 Å². The molecule has 3 nitrogen and oxygen atoms in total. The van der Waals surface area contributed by atoms with Gasteiger partial charge in [0, 0.05) is 25.0 Å². The third-order valence-corrected chi connectivity index (χ3v) is 3.09. The van der Waals surface area contributed by atoms with Gasteiger partial charge in [-0.1, -0.05) is 0 Å². The molecule has 0 radical (unpaired) electrons. The van der Waals surface area contributed by atoms with E-state index in [9.17, 15) is 5.11 Å². The summed E-state index contributed by atoms with van der Waals surface area (Å²) in [5.74, 6) is 0.319. The van der Waals surface area contributed by atoms with Crippen molar-refractivity contribution in [1.29, 1.82) is 0 Å². The van der Waals surface area contributed by atoms with Gasteiger partial charge in [0.1, 0.15) is 0 Å². The molecule has 1 saturated heterocycles. The van der Waals surface area contributed by atoms with Gasteiger partial charge in [-0.05, 0) is 25.8 Å². The van der Waals surface area contributed by atoms with E-state index in [1.54, 1.807) is 0 Å². The van der Waals surface area contributed by atoms with Crippen LogP contribution < -0.4 is 5.73 Å². The van der Waals surface area contributed by atoms with Crippen LogP contribution in [0.3, 0.4) is 0 Å². The number of hydrogen-bond acceptors (Lipinski definition) is 3. The van der Waals surface area contributed by atoms with Gasteiger partial charge in [0.05, 0.1) is 6.10 Å². The molecule has 0 aromatic heterocycles. The second-order valence-corrected chi connectivity index (χ2v) is 4.08. The quantitative estimate of drug-likeness (QED) is 0.603. The largest absolute Gasteiger partial charge is 0.393 e. The van der Waals surface area contributed by atoms with Crippen molar-refractivity contribution in [3.63, 3.8) is 0 Å². The number of nitrogens with two attached hydrogens (primary N) is 1. The van der Waals surface area contributed by atoms with Crippen LogP contribution in [-0.2, 0) is 0 Å². The average molecular weight is 170 g/mol. The summed E-state index contributed by atoms with van der Waals surface area (Å²) in [7, 11) is 0. The Morgan fingerprint density at radius 2 is 2.08 bits per heavy atom. The average Bonchev–Trinajstić information content (AvgIpc) is 2.88. The van der Waals surface area contributed by atoms with E-state index in [1.807, 2.05) is 0 Å². The van der Waals surface area contributed by atoms with Crippen molar-refractivity contribution in [1.82, 2.24) is 4.90 Å². The van der Waals surface area contributed by atoms with Gasteiger partial charge in [-0.25, -0.2) is 0 Å². The zero-order valence-electron chi connectivity index (χ0n) is 7.45. The van der Waals surface area contributed by atoms with E-state index in [2.05, 4.69) is 4.90 Å². The number of aliphatic hydroxyl groups excluding tert-OH is 1. The van der Waals surface area contributed by atoms with E-state index in [0.29, 0.717) is 12.5 Å². The predicted octanol–water partition coefficient (Wildman–Crippen LogP) is -0.210. The lowest BCUT2D eigenvalue weighted by Crippen LogP contribution is -2.46. The summed E-state index contributed by atoms with van der Waals surface area (Å²) in [5.41, 5.74) is 5.59. The van der Waals surface area contributed by atoms with Crippen LogP contribution in [0.4, 0.5) is 0 Å². The predicted molar refractivity (Wildman–Crippen MR) is 47.8 cm³/mol. The second-order valence-electron chi connectivity index (χ2n) is 4.08. The highest BCUT2D eigenvalue weighted by Crippen LogP contribution is 2.30. The van der Waals surface area contributed by atoms with Crippen molar-refractivity contribution in [3.8, 4) is 0 Å². The van der Waals surface area contributed by atoms with Gasteiger partial charge in [0.2, 0.25) is 0 Å². The minimum Gasteiger partial charge on any atom is -0.393 e. The van der Waals surface area contributed by atoms with Crippen molar-refractivity contribution in [2.75, 3.05) is 19.6 Å². The molecule has 2 aliphatic rings. The van der Waals surface area contributed by atoms with Crippen LogP contribution in [0.1, 0.15) is 19.3 Å². The lowest BCUT2D eigenvalue weighted by atomic mass is 9.95. The van der Waals surface area contributed by atoms with E-state index in [-0.39, 0.29) is 6.10 Å². The molecule has 2 fully saturated rings. The van der Waals surface area contributed by atoms with Gasteiger partial charge in [-0.3, -0.25) is 4.90 Å². The summed E-state index contributed by atoms with van der Waals surface area (Å²) in [4.78, 5) is 2.49. The molecular weight excluding hydrogens is 152 g/mol. The number of piperidine rings is 1. The van der Waals surface area contributed by atoms with Crippen LogP contribution in [-0.4, -0.2) is 41.8 Å². The summed E-state index contributed by atoms with van der Waals surface area (Å²) >= 11 is 0. The fourth-order valence-electron chi connectivity index (χ4n) is 2.05. The summed E-state index contributed by atoms with van der Waals surface area (Å²) in [6.07, 6.45) is 3.48. The molecule has 2 rings (SSSR count). The van der Waals surface area contributed by atoms with Crippen molar-refractivity contribution >= 4 is 0 Å². The van der Waals surface area contributed by atoms with E-state index in [0.717, 1.165) is 25.6 Å². The summed E-state index contributed by atoms with van der Waals surface area (Å²) < 4.78 is 0. The number of likely N-dealkylation sites (tertiary alicyclic amines) is 1. The highest BCUT2D eigenvalue weighted by Gasteiger charge is 2.35. The highest BCUT2D eigenvalue weighted by atomic mass is 16.3. The molecule has 70 valence electrons. The molecule has 2 unspecified atom stereocenters. The fraction of sp³-hybridized carbons (Fsp3) is 1.00. The van der Waals surface area contributed by atoms with Crippen LogP contribution in [0.2, 0.25) is 0 Å². The van der Waals surface area contributed by atoms with E-state index < -0.39 is 0 Å². The Morgan fingerprint density at radius 1 is 1.33 bits per heavy atom. The molecule has 1 saturated carbocycles. The van der Waals surface area contributed by atoms with Crippen molar-refractivity contribution < 1.29 is 5.11 Å². The molecular formula is C9H18N2O. The molecule has 0 amide bonds. The second kappa shape index (κ2) is 3.32. The Hall–Kier alpha value is -0.120. The monoisotopic (exact) mass is 170 g/mol. The SMILES string of the molecule is NCC1CN(C2CC2)CCC1O. The first-order valence-electron chi connectivity index (χ1n) is 4.93. The molecule has 1 aliphatic carbocycles. The number of rotatable bonds is 2. The summed E-state index contributed by atoms with van der Waals surface area (Å²) in [6.45, 7) is 2.72. The summed E-state index contributed by atoms with van der Waals surface area (Å²) in [6, 6.07) is 0.826. The van der Waals surface area contributed by atoms with Crippen LogP contribution in [0.5, 0.6) is 0 Å².